The van der Waals surface area contributed by atoms with E-state index in [0.717, 1.165) is 64.4 Å². The lowest BCUT2D eigenvalue weighted by Gasteiger charge is -2.37. The van der Waals surface area contributed by atoms with Gasteiger partial charge in [0.2, 0.25) is 0 Å². The Bertz CT molecular complexity index is 1310. The smallest absolute Gasteiger partial charge is 0.336 e. The van der Waals surface area contributed by atoms with Gasteiger partial charge in [-0.2, -0.15) is 0 Å². The van der Waals surface area contributed by atoms with Crippen molar-refractivity contribution in [3.8, 4) is 0 Å². The predicted octanol–water partition coefficient (Wildman–Crippen LogP) is 4.33. The maximum Gasteiger partial charge on any atom is 0.336 e. The van der Waals surface area contributed by atoms with E-state index in [4.69, 9.17) is 16.0 Å². The average molecular weight is 421 g/mol. The zero-order chi connectivity index (χ0) is 20.8. The Hall–Kier alpha value is -3.12. The summed E-state index contributed by atoms with van der Waals surface area (Å²) in [6.07, 6.45) is 0. The number of hydrogen-bond acceptors (Lipinski definition) is 6. The third kappa shape index (κ3) is 3.17. The maximum atomic E-state index is 12.0. The minimum absolute atomic E-state index is 0.346. The molecule has 4 aromatic rings. The molecule has 0 amide bonds. The summed E-state index contributed by atoms with van der Waals surface area (Å²) in [5.41, 5.74) is 4.03. The second kappa shape index (κ2) is 7.29. The lowest BCUT2D eigenvalue weighted by Crippen LogP contribution is -2.47. The van der Waals surface area contributed by atoms with Gasteiger partial charge < -0.3 is 14.2 Å². The zero-order valence-corrected chi connectivity index (χ0v) is 17.6. The molecule has 152 valence electrons. The van der Waals surface area contributed by atoms with Crippen molar-refractivity contribution in [2.45, 2.75) is 13.8 Å². The van der Waals surface area contributed by atoms with Crippen LogP contribution in [0.3, 0.4) is 0 Å². The molecule has 5 rings (SSSR count). The van der Waals surface area contributed by atoms with Crippen LogP contribution in [0, 0.1) is 13.8 Å². The number of fused-ring (bicyclic) bond motifs is 3. The highest BCUT2D eigenvalue weighted by Crippen LogP contribution is 2.32. The topological polar surface area (TPSA) is 62.5 Å². The fourth-order valence-corrected chi connectivity index (χ4v) is 4.36. The van der Waals surface area contributed by atoms with Crippen molar-refractivity contribution in [2.75, 3.05) is 36.0 Å². The van der Waals surface area contributed by atoms with Crippen LogP contribution in [0.5, 0.6) is 0 Å². The van der Waals surface area contributed by atoms with Gasteiger partial charge in [-0.3, -0.25) is 0 Å². The van der Waals surface area contributed by atoms with Gasteiger partial charge in [0.05, 0.1) is 10.9 Å². The molecule has 0 spiro atoms. The van der Waals surface area contributed by atoms with Crippen LogP contribution in [0.1, 0.15) is 11.1 Å². The van der Waals surface area contributed by atoms with E-state index in [1.165, 1.54) is 11.8 Å². The van der Waals surface area contributed by atoms with Gasteiger partial charge >= 0.3 is 5.63 Å². The highest BCUT2D eigenvalue weighted by atomic mass is 35.5. The molecule has 1 aliphatic heterocycles. The number of anilines is 2. The van der Waals surface area contributed by atoms with Crippen molar-refractivity contribution >= 4 is 45.0 Å². The number of piperazine rings is 1. The summed E-state index contributed by atoms with van der Waals surface area (Å²) < 4.78 is 5.60. The fourth-order valence-electron chi connectivity index (χ4n) is 4.24. The van der Waals surface area contributed by atoms with Gasteiger partial charge in [-0.05, 0) is 55.8 Å². The predicted molar refractivity (Wildman–Crippen MR) is 121 cm³/mol. The Labute approximate surface area is 178 Å². The lowest BCUT2D eigenvalue weighted by molar-refractivity contribution is 0.562. The van der Waals surface area contributed by atoms with Crippen LogP contribution in [-0.2, 0) is 0 Å². The van der Waals surface area contributed by atoms with Crippen molar-refractivity contribution in [1.82, 2.24) is 10.2 Å². The summed E-state index contributed by atoms with van der Waals surface area (Å²) >= 11 is 6.01. The number of benzene rings is 2. The van der Waals surface area contributed by atoms with Gasteiger partial charge in [0.15, 0.2) is 5.82 Å². The van der Waals surface area contributed by atoms with E-state index in [2.05, 4.69) is 32.1 Å². The van der Waals surface area contributed by atoms with Crippen molar-refractivity contribution in [1.29, 1.82) is 0 Å². The monoisotopic (exact) mass is 420 g/mol. The van der Waals surface area contributed by atoms with Crippen LogP contribution in [0.2, 0.25) is 5.02 Å². The van der Waals surface area contributed by atoms with Crippen molar-refractivity contribution in [3.63, 3.8) is 0 Å². The van der Waals surface area contributed by atoms with E-state index >= 15 is 0 Å². The van der Waals surface area contributed by atoms with E-state index in [9.17, 15) is 4.79 Å². The molecular formula is C23H21ClN4O2. The number of hydrogen-bond donors (Lipinski definition) is 0. The van der Waals surface area contributed by atoms with Gasteiger partial charge in [-0.1, -0.05) is 11.6 Å². The fraction of sp³-hybridized carbons (Fsp3) is 0.261. The molecule has 2 aromatic carbocycles. The summed E-state index contributed by atoms with van der Waals surface area (Å²) in [4.78, 5) is 16.6. The van der Waals surface area contributed by atoms with Gasteiger partial charge in [-0.25, -0.2) is 4.79 Å². The molecule has 1 fully saturated rings. The first-order chi connectivity index (χ1) is 14.5. The Kier molecular flexibility index (Phi) is 4.59. The number of nitrogens with zero attached hydrogens (tertiary/aromatic N) is 4. The molecule has 2 aromatic heterocycles. The molecule has 3 heterocycles. The highest BCUT2D eigenvalue weighted by molar-refractivity contribution is 6.30. The summed E-state index contributed by atoms with van der Waals surface area (Å²) in [5, 5.41) is 11.5. The minimum atomic E-state index is -0.346. The third-order valence-electron chi connectivity index (χ3n) is 5.83. The number of rotatable bonds is 2. The van der Waals surface area contributed by atoms with Gasteiger partial charge in [0.1, 0.15) is 5.58 Å². The second-order valence-electron chi connectivity index (χ2n) is 7.68. The van der Waals surface area contributed by atoms with Crippen LogP contribution in [0.25, 0.3) is 21.9 Å². The SMILES string of the molecule is Cc1cc(=O)oc2c1ccc1nnc(N3CCN(c4ccc(Cl)cc4)CC3)c(C)c12. The Morgan fingerprint density at radius 2 is 1.63 bits per heavy atom. The first-order valence-corrected chi connectivity index (χ1v) is 10.3. The van der Waals surface area contributed by atoms with Crippen LogP contribution in [-0.4, -0.2) is 36.4 Å². The molecule has 0 N–H and O–H groups in total. The van der Waals surface area contributed by atoms with E-state index in [-0.39, 0.29) is 5.63 Å². The average Bonchev–Trinajstić information content (AvgIpc) is 2.74. The van der Waals surface area contributed by atoms with Crippen molar-refractivity contribution in [3.05, 3.63) is 69.0 Å². The van der Waals surface area contributed by atoms with Crippen LogP contribution < -0.4 is 15.4 Å². The standard InChI is InChI=1S/C23H21ClN4O2/c1-14-13-20(29)30-22-18(14)7-8-19-21(22)15(2)23(26-25-19)28-11-9-27(10-12-28)17-5-3-16(24)4-6-17/h3-8,13H,9-12H2,1-2H3. The zero-order valence-electron chi connectivity index (χ0n) is 16.9. The van der Waals surface area contributed by atoms with Crippen molar-refractivity contribution in [2.24, 2.45) is 0 Å². The van der Waals surface area contributed by atoms with Crippen LogP contribution in [0.15, 0.2) is 51.7 Å². The molecule has 1 saturated heterocycles. The van der Waals surface area contributed by atoms with Crippen LogP contribution in [0.4, 0.5) is 11.5 Å². The summed E-state index contributed by atoms with van der Waals surface area (Å²) in [6, 6.07) is 13.3. The minimum Gasteiger partial charge on any atom is -0.422 e. The molecule has 0 unspecified atom stereocenters. The van der Waals surface area contributed by atoms with Crippen LogP contribution >= 0.6 is 11.6 Å². The normalized spacial score (nSPS) is 14.6. The van der Waals surface area contributed by atoms with E-state index in [0.29, 0.717) is 5.58 Å². The number of aromatic nitrogens is 2. The molecular weight excluding hydrogens is 400 g/mol. The first-order valence-electron chi connectivity index (χ1n) is 9.97. The lowest BCUT2D eigenvalue weighted by atomic mass is 10.0. The largest absolute Gasteiger partial charge is 0.422 e. The number of halogens is 1. The Morgan fingerprint density at radius 3 is 2.37 bits per heavy atom. The molecule has 30 heavy (non-hydrogen) atoms. The van der Waals surface area contributed by atoms with Gasteiger partial charge in [-0.15, -0.1) is 10.2 Å². The van der Waals surface area contributed by atoms with E-state index < -0.39 is 0 Å². The Morgan fingerprint density at radius 1 is 0.933 bits per heavy atom. The molecule has 0 atom stereocenters. The molecule has 0 aliphatic carbocycles. The van der Waals surface area contributed by atoms with Crippen molar-refractivity contribution < 1.29 is 4.42 Å². The summed E-state index contributed by atoms with van der Waals surface area (Å²) in [7, 11) is 0. The maximum absolute atomic E-state index is 12.0. The molecule has 0 radical (unpaired) electrons. The number of aryl methyl sites for hydroxylation is 2. The summed E-state index contributed by atoms with van der Waals surface area (Å²) in [6.45, 7) is 7.37. The molecule has 7 heteroatoms. The molecule has 0 saturated carbocycles. The quantitative estimate of drug-likeness (QED) is 0.355. The van der Waals surface area contributed by atoms with Gasteiger partial charge in [0.25, 0.3) is 0 Å². The molecule has 6 nitrogen and oxygen atoms in total. The summed E-state index contributed by atoms with van der Waals surface area (Å²) in [5.74, 6) is 0.843. The third-order valence-corrected chi connectivity index (χ3v) is 6.08. The first kappa shape index (κ1) is 18.9. The van der Waals surface area contributed by atoms with Gasteiger partial charge in [0, 0.05) is 53.9 Å². The molecule has 0 bridgehead atoms. The Balaban J connectivity index is 1.51. The second-order valence-corrected chi connectivity index (χ2v) is 8.12. The van der Waals surface area contributed by atoms with E-state index in [1.807, 2.05) is 38.1 Å². The molecule has 1 aliphatic rings. The highest BCUT2D eigenvalue weighted by Gasteiger charge is 2.22. The van der Waals surface area contributed by atoms with E-state index in [1.54, 1.807) is 0 Å².